The highest BCUT2D eigenvalue weighted by atomic mass is 16.2. The fourth-order valence-electron chi connectivity index (χ4n) is 3.68. The van der Waals surface area contributed by atoms with Crippen molar-refractivity contribution < 1.29 is 4.79 Å². The van der Waals surface area contributed by atoms with Gasteiger partial charge in [-0.15, -0.1) is 0 Å². The SMILES string of the molecule is Cc1ccc2cccc(NC(=O)C3CC4CCC3N4)c2n1. The van der Waals surface area contributed by atoms with Crippen LogP contribution in [-0.2, 0) is 4.79 Å². The van der Waals surface area contributed by atoms with E-state index in [2.05, 4.69) is 15.6 Å². The first-order chi connectivity index (χ1) is 10.2. The van der Waals surface area contributed by atoms with Crippen LogP contribution >= 0.6 is 0 Å². The standard InChI is InChI=1S/C17H19N3O/c1-10-5-6-11-3-2-4-15(16(11)18-10)20-17(21)13-9-12-7-8-14(13)19-12/h2-6,12-14,19H,7-9H2,1H3,(H,20,21). The summed E-state index contributed by atoms with van der Waals surface area (Å²) in [5.74, 6) is 0.231. The Balaban J connectivity index is 1.62. The van der Waals surface area contributed by atoms with Crippen molar-refractivity contribution in [2.24, 2.45) is 5.92 Å². The molecule has 4 rings (SSSR count). The quantitative estimate of drug-likeness (QED) is 0.889. The van der Waals surface area contributed by atoms with Gasteiger partial charge in [-0.1, -0.05) is 18.2 Å². The average molecular weight is 281 g/mol. The van der Waals surface area contributed by atoms with Gasteiger partial charge in [0.2, 0.25) is 5.91 Å². The molecule has 2 fully saturated rings. The van der Waals surface area contributed by atoms with Gasteiger partial charge in [-0.25, -0.2) is 0 Å². The molecule has 2 N–H and O–H groups in total. The van der Waals surface area contributed by atoms with Crippen LogP contribution < -0.4 is 10.6 Å². The number of pyridine rings is 1. The van der Waals surface area contributed by atoms with Crippen molar-refractivity contribution in [2.45, 2.75) is 38.3 Å². The van der Waals surface area contributed by atoms with Crippen LogP contribution in [0, 0.1) is 12.8 Å². The molecular weight excluding hydrogens is 262 g/mol. The van der Waals surface area contributed by atoms with Gasteiger partial charge in [0, 0.05) is 23.2 Å². The van der Waals surface area contributed by atoms with E-state index in [1.807, 2.05) is 37.3 Å². The molecule has 3 atom stereocenters. The molecule has 0 spiro atoms. The molecule has 2 saturated heterocycles. The van der Waals surface area contributed by atoms with Crippen molar-refractivity contribution in [1.82, 2.24) is 10.3 Å². The number of benzene rings is 1. The number of aryl methyl sites for hydroxylation is 1. The number of hydrogen-bond acceptors (Lipinski definition) is 3. The highest BCUT2D eigenvalue weighted by Gasteiger charge is 2.42. The van der Waals surface area contributed by atoms with Crippen molar-refractivity contribution in [3.63, 3.8) is 0 Å². The summed E-state index contributed by atoms with van der Waals surface area (Å²) in [5.41, 5.74) is 2.66. The molecule has 2 aliphatic heterocycles. The van der Waals surface area contributed by atoms with Gasteiger partial charge in [0.25, 0.3) is 0 Å². The molecule has 3 unspecified atom stereocenters. The molecule has 1 aromatic carbocycles. The summed E-state index contributed by atoms with van der Waals surface area (Å²) < 4.78 is 0. The fourth-order valence-corrected chi connectivity index (χ4v) is 3.68. The Hall–Kier alpha value is -1.94. The van der Waals surface area contributed by atoms with Crippen LogP contribution in [0.3, 0.4) is 0 Å². The van der Waals surface area contributed by atoms with E-state index in [0.29, 0.717) is 12.1 Å². The Labute approximate surface area is 124 Å². The number of nitrogens with zero attached hydrogens (tertiary/aromatic N) is 1. The summed E-state index contributed by atoms with van der Waals surface area (Å²) in [6.45, 7) is 1.97. The number of anilines is 1. The fraction of sp³-hybridized carbons (Fsp3) is 0.412. The molecule has 0 saturated carbocycles. The van der Waals surface area contributed by atoms with Gasteiger partial charge in [-0.05, 0) is 38.3 Å². The molecule has 2 aromatic rings. The number of amides is 1. The Morgan fingerprint density at radius 2 is 2.19 bits per heavy atom. The third-order valence-electron chi connectivity index (χ3n) is 4.75. The van der Waals surface area contributed by atoms with Crippen molar-refractivity contribution in [3.8, 4) is 0 Å². The zero-order chi connectivity index (χ0) is 14.4. The second kappa shape index (κ2) is 4.81. The molecule has 3 heterocycles. The summed E-state index contributed by atoms with van der Waals surface area (Å²) in [7, 11) is 0. The van der Waals surface area contributed by atoms with Gasteiger partial charge < -0.3 is 10.6 Å². The van der Waals surface area contributed by atoms with Crippen molar-refractivity contribution in [2.75, 3.05) is 5.32 Å². The number of carbonyl (C=O) groups is 1. The topological polar surface area (TPSA) is 54.0 Å². The van der Waals surface area contributed by atoms with Crippen LogP contribution in [0.25, 0.3) is 10.9 Å². The van der Waals surface area contributed by atoms with E-state index in [0.717, 1.165) is 35.1 Å². The Morgan fingerprint density at radius 1 is 1.29 bits per heavy atom. The minimum atomic E-state index is 0.101. The van der Waals surface area contributed by atoms with Crippen LogP contribution in [0.15, 0.2) is 30.3 Å². The lowest BCUT2D eigenvalue weighted by Gasteiger charge is -2.19. The summed E-state index contributed by atoms with van der Waals surface area (Å²) >= 11 is 0. The van der Waals surface area contributed by atoms with E-state index in [4.69, 9.17) is 0 Å². The van der Waals surface area contributed by atoms with Gasteiger partial charge in [0.05, 0.1) is 17.1 Å². The molecule has 2 bridgehead atoms. The maximum Gasteiger partial charge on any atom is 0.229 e. The van der Waals surface area contributed by atoms with E-state index < -0.39 is 0 Å². The lowest BCUT2D eigenvalue weighted by molar-refractivity contribution is -0.120. The Kier molecular flexibility index (Phi) is 2.93. The minimum absolute atomic E-state index is 0.101. The zero-order valence-corrected chi connectivity index (χ0v) is 12.1. The van der Waals surface area contributed by atoms with Crippen molar-refractivity contribution in [3.05, 3.63) is 36.0 Å². The summed E-state index contributed by atoms with van der Waals surface area (Å²) in [4.78, 5) is 17.1. The third kappa shape index (κ3) is 2.20. The van der Waals surface area contributed by atoms with Gasteiger partial charge in [-0.3, -0.25) is 9.78 Å². The van der Waals surface area contributed by atoms with Gasteiger partial charge >= 0.3 is 0 Å². The van der Waals surface area contributed by atoms with Gasteiger partial charge in [0.15, 0.2) is 0 Å². The number of fused-ring (bicyclic) bond motifs is 3. The predicted octanol–water partition coefficient (Wildman–Crippen LogP) is 2.62. The van der Waals surface area contributed by atoms with Crippen molar-refractivity contribution >= 4 is 22.5 Å². The summed E-state index contributed by atoms with van der Waals surface area (Å²) in [6.07, 6.45) is 3.30. The normalized spacial score (nSPS) is 27.2. The van der Waals surface area contributed by atoms with E-state index in [1.54, 1.807) is 0 Å². The number of aromatic nitrogens is 1. The highest BCUT2D eigenvalue weighted by molar-refractivity contribution is 6.01. The van der Waals surface area contributed by atoms with Gasteiger partial charge in [-0.2, -0.15) is 0 Å². The largest absolute Gasteiger partial charge is 0.324 e. The minimum Gasteiger partial charge on any atom is -0.324 e. The molecule has 1 aromatic heterocycles. The van der Waals surface area contributed by atoms with Crippen LogP contribution in [0.4, 0.5) is 5.69 Å². The van der Waals surface area contributed by atoms with E-state index in [9.17, 15) is 4.79 Å². The maximum absolute atomic E-state index is 12.6. The highest BCUT2D eigenvalue weighted by Crippen LogP contribution is 2.34. The molecule has 1 amide bonds. The Bertz CT molecular complexity index is 712. The van der Waals surface area contributed by atoms with Gasteiger partial charge in [0.1, 0.15) is 0 Å². The average Bonchev–Trinajstić information content (AvgIpc) is 3.10. The van der Waals surface area contributed by atoms with E-state index in [-0.39, 0.29) is 11.8 Å². The smallest absolute Gasteiger partial charge is 0.229 e. The number of hydrogen-bond donors (Lipinski definition) is 2. The molecule has 21 heavy (non-hydrogen) atoms. The van der Waals surface area contributed by atoms with E-state index >= 15 is 0 Å². The Morgan fingerprint density at radius 3 is 2.95 bits per heavy atom. The monoisotopic (exact) mass is 281 g/mol. The summed E-state index contributed by atoms with van der Waals surface area (Å²) in [5, 5.41) is 7.67. The first-order valence-corrected chi connectivity index (χ1v) is 7.64. The van der Waals surface area contributed by atoms with E-state index in [1.165, 1.54) is 6.42 Å². The lowest BCUT2D eigenvalue weighted by Crippen LogP contribution is -2.32. The number of para-hydroxylation sites is 1. The predicted molar refractivity (Wildman–Crippen MR) is 83.2 cm³/mol. The third-order valence-corrected chi connectivity index (χ3v) is 4.75. The second-order valence-electron chi connectivity index (χ2n) is 6.21. The lowest BCUT2D eigenvalue weighted by atomic mass is 9.88. The number of carbonyl (C=O) groups excluding carboxylic acids is 1. The molecule has 4 heteroatoms. The molecule has 4 nitrogen and oxygen atoms in total. The zero-order valence-electron chi connectivity index (χ0n) is 12.1. The van der Waals surface area contributed by atoms with Crippen LogP contribution in [-0.4, -0.2) is 23.0 Å². The molecule has 2 aliphatic rings. The number of rotatable bonds is 2. The second-order valence-corrected chi connectivity index (χ2v) is 6.21. The molecule has 108 valence electrons. The van der Waals surface area contributed by atoms with Crippen molar-refractivity contribution in [1.29, 1.82) is 0 Å². The first kappa shape index (κ1) is 12.8. The number of nitrogens with one attached hydrogen (secondary N) is 2. The molecule has 0 radical (unpaired) electrons. The van der Waals surface area contributed by atoms with Crippen LogP contribution in [0.5, 0.6) is 0 Å². The van der Waals surface area contributed by atoms with Crippen LogP contribution in [0.1, 0.15) is 25.0 Å². The first-order valence-electron chi connectivity index (χ1n) is 7.64. The summed E-state index contributed by atoms with van der Waals surface area (Å²) in [6, 6.07) is 10.9. The maximum atomic E-state index is 12.6. The molecular formula is C17H19N3O. The van der Waals surface area contributed by atoms with Crippen LogP contribution in [0.2, 0.25) is 0 Å². The molecule has 0 aliphatic carbocycles.